The highest BCUT2D eigenvalue weighted by Crippen LogP contribution is 2.25. The Morgan fingerprint density at radius 3 is 2.68 bits per heavy atom. The number of nitriles is 1. The summed E-state index contributed by atoms with van der Waals surface area (Å²) < 4.78 is 10.1. The first-order valence-corrected chi connectivity index (χ1v) is 5.79. The monoisotopic (exact) mass is 260 g/mol. The second kappa shape index (κ2) is 7.07. The molecule has 5 nitrogen and oxygen atoms in total. The maximum Gasteiger partial charge on any atom is 0.350 e. The van der Waals surface area contributed by atoms with E-state index in [1.165, 1.54) is 13.3 Å². The number of esters is 1. The van der Waals surface area contributed by atoms with Gasteiger partial charge in [-0.1, -0.05) is 12.1 Å². The van der Waals surface area contributed by atoms with Gasteiger partial charge in [0.2, 0.25) is 0 Å². The molecule has 1 aromatic carbocycles. The van der Waals surface area contributed by atoms with Crippen molar-refractivity contribution in [1.29, 1.82) is 5.26 Å². The first-order valence-electron chi connectivity index (χ1n) is 5.79. The third-order valence-corrected chi connectivity index (χ3v) is 2.15. The van der Waals surface area contributed by atoms with Gasteiger partial charge in [-0.2, -0.15) is 5.26 Å². The Bertz CT molecular complexity index is 516. The lowest BCUT2D eigenvalue weighted by Crippen LogP contribution is -2.08. The molecule has 0 atom stereocenters. The van der Waals surface area contributed by atoms with Crippen molar-refractivity contribution in [3.8, 4) is 11.8 Å². The van der Waals surface area contributed by atoms with Crippen LogP contribution in [-0.4, -0.2) is 19.2 Å². The van der Waals surface area contributed by atoms with Crippen LogP contribution in [0.2, 0.25) is 0 Å². The van der Waals surface area contributed by atoms with Gasteiger partial charge in [0, 0.05) is 6.20 Å². The Balaban J connectivity index is 2.91. The van der Waals surface area contributed by atoms with Crippen molar-refractivity contribution in [1.82, 2.24) is 0 Å². The summed E-state index contributed by atoms with van der Waals surface area (Å²) in [6.45, 7) is 3.84. The highest BCUT2D eigenvalue weighted by atomic mass is 16.5. The maximum atomic E-state index is 11.2. The molecule has 100 valence electrons. The van der Waals surface area contributed by atoms with Crippen LogP contribution in [0.3, 0.4) is 0 Å². The molecule has 0 aliphatic carbocycles. The summed E-state index contributed by atoms with van der Waals surface area (Å²) in [5.41, 5.74) is 0.565. The van der Waals surface area contributed by atoms with Gasteiger partial charge in [0.1, 0.15) is 11.8 Å². The average molecular weight is 260 g/mol. The van der Waals surface area contributed by atoms with Crippen molar-refractivity contribution in [2.45, 2.75) is 20.0 Å². The molecule has 0 amide bonds. The predicted octanol–water partition coefficient (Wildman–Crippen LogP) is 2.47. The molecule has 5 heteroatoms. The summed E-state index contributed by atoms with van der Waals surface area (Å²) in [5.74, 6) is -0.0341. The van der Waals surface area contributed by atoms with Crippen molar-refractivity contribution >= 4 is 11.7 Å². The zero-order chi connectivity index (χ0) is 14.3. The van der Waals surface area contributed by atoms with Gasteiger partial charge in [-0.15, -0.1) is 0 Å². The number of carbonyl (C=O) groups is 1. The molecule has 0 bridgehead atoms. The van der Waals surface area contributed by atoms with Crippen LogP contribution in [0.25, 0.3) is 0 Å². The van der Waals surface area contributed by atoms with Crippen LogP contribution < -0.4 is 10.1 Å². The number of rotatable bonds is 5. The van der Waals surface area contributed by atoms with Crippen LogP contribution in [0.15, 0.2) is 36.0 Å². The Labute approximate surface area is 112 Å². The summed E-state index contributed by atoms with van der Waals surface area (Å²) in [6, 6.07) is 9.04. The van der Waals surface area contributed by atoms with Crippen LogP contribution in [0, 0.1) is 11.3 Å². The van der Waals surface area contributed by atoms with E-state index in [9.17, 15) is 4.79 Å². The van der Waals surface area contributed by atoms with Crippen molar-refractivity contribution in [2.24, 2.45) is 0 Å². The van der Waals surface area contributed by atoms with E-state index in [4.69, 9.17) is 10.00 Å². The van der Waals surface area contributed by atoms with Crippen molar-refractivity contribution in [2.75, 3.05) is 12.4 Å². The average Bonchev–Trinajstić information content (AvgIpc) is 2.40. The molecule has 0 radical (unpaired) electrons. The van der Waals surface area contributed by atoms with Gasteiger partial charge in [-0.25, -0.2) is 4.79 Å². The number of hydrogen-bond acceptors (Lipinski definition) is 5. The lowest BCUT2D eigenvalue weighted by Gasteiger charge is -2.13. The van der Waals surface area contributed by atoms with Crippen LogP contribution in [0.1, 0.15) is 13.8 Å². The highest BCUT2D eigenvalue weighted by molar-refractivity contribution is 5.93. The van der Waals surface area contributed by atoms with Gasteiger partial charge in [0.25, 0.3) is 0 Å². The molecule has 0 aliphatic heterocycles. The summed E-state index contributed by atoms with van der Waals surface area (Å²) in [5, 5.41) is 11.7. The first-order chi connectivity index (χ1) is 9.08. The van der Waals surface area contributed by atoms with Crippen molar-refractivity contribution < 1.29 is 14.3 Å². The van der Waals surface area contributed by atoms with E-state index in [1.54, 1.807) is 18.2 Å². The number of hydrogen-bond donors (Lipinski definition) is 1. The molecule has 0 fully saturated rings. The summed E-state index contributed by atoms with van der Waals surface area (Å²) in [6.07, 6.45) is 1.33. The van der Waals surface area contributed by atoms with Gasteiger partial charge in [0.05, 0.1) is 18.9 Å². The molecule has 19 heavy (non-hydrogen) atoms. The van der Waals surface area contributed by atoms with Gasteiger partial charge in [-0.05, 0) is 26.0 Å². The smallest absolute Gasteiger partial charge is 0.350 e. The Morgan fingerprint density at radius 2 is 2.11 bits per heavy atom. The van der Waals surface area contributed by atoms with Gasteiger partial charge < -0.3 is 14.8 Å². The molecule has 0 aliphatic rings. The third-order valence-electron chi connectivity index (χ3n) is 2.15. The van der Waals surface area contributed by atoms with Crippen LogP contribution in [-0.2, 0) is 9.53 Å². The van der Waals surface area contributed by atoms with E-state index in [2.05, 4.69) is 10.1 Å². The maximum absolute atomic E-state index is 11.2. The molecule has 1 rings (SSSR count). The van der Waals surface area contributed by atoms with Gasteiger partial charge in [0.15, 0.2) is 5.57 Å². The third kappa shape index (κ3) is 4.36. The minimum Gasteiger partial charge on any atom is -0.489 e. The van der Waals surface area contributed by atoms with E-state index >= 15 is 0 Å². The molecule has 0 saturated carbocycles. The van der Waals surface area contributed by atoms with E-state index in [-0.39, 0.29) is 11.7 Å². The molecule has 0 heterocycles. The SMILES string of the molecule is COC(=O)/C(C#N)=C/Nc1ccccc1OC(C)C. The van der Waals surface area contributed by atoms with Crippen molar-refractivity contribution in [3.05, 3.63) is 36.0 Å². The number of carbonyl (C=O) groups excluding carboxylic acids is 1. The normalized spacial score (nSPS) is 10.8. The minimum atomic E-state index is -0.683. The fraction of sp³-hybridized carbons (Fsp3) is 0.286. The molecule has 1 aromatic rings. The Hall–Kier alpha value is -2.48. The van der Waals surface area contributed by atoms with Crippen molar-refractivity contribution in [3.63, 3.8) is 0 Å². The minimum absolute atomic E-state index is 0.0305. The summed E-state index contributed by atoms with van der Waals surface area (Å²) in [7, 11) is 1.23. The van der Waals surface area contributed by atoms with E-state index < -0.39 is 5.97 Å². The number of anilines is 1. The number of methoxy groups -OCH3 is 1. The molecule has 1 N–H and O–H groups in total. The molecule has 0 spiro atoms. The Kier molecular flexibility index (Phi) is 5.42. The topological polar surface area (TPSA) is 71.4 Å². The Morgan fingerprint density at radius 1 is 1.42 bits per heavy atom. The van der Waals surface area contributed by atoms with Crippen LogP contribution >= 0.6 is 0 Å². The first kappa shape index (κ1) is 14.6. The highest BCUT2D eigenvalue weighted by Gasteiger charge is 2.09. The molecular formula is C14H16N2O3. The number of benzene rings is 1. The van der Waals surface area contributed by atoms with E-state index in [1.807, 2.05) is 26.0 Å². The summed E-state index contributed by atoms with van der Waals surface area (Å²) in [4.78, 5) is 11.2. The quantitative estimate of drug-likeness (QED) is 0.500. The largest absolute Gasteiger partial charge is 0.489 e. The molecular weight excluding hydrogens is 244 g/mol. The number of nitrogens with zero attached hydrogens (tertiary/aromatic N) is 1. The van der Waals surface area contributed by atoms with Gasteiger partial charge in [-0.3, -0.25) is 0 Å². The van der Waals surface area contributed by atoms with Crippen LogP contribution in [0.5, 0.6) is 5.75 Å². The second-order valence-corrected chi connectivity index (χ2v) is 3.97. The van der Waals surface area contributed by atoms with Gasteiger partial charge >= 0.3 is 5.97 Å². The lowest BCUT2D eigenvalue weighted by molar-refractivity contribution is -0.135. The molecule has 0 unspecified atom stereocenters. The number of nitrogens with one attached hydrogen (secondary N) is 1. The standard InChI is InChI=1S/C14H16N2O3/c1-10(2)19-13-7-5-4-6-12(13)16-9-11(8-15)14(17)18-3/h4-7,9-10,16H,1-3H3/b11-9+. The summed E-state index contributed by atoms with van der Waals surface area (Å²) >= 11 is 0. The molecule has 0 aromatic heterocycles. The number of para-hydroxylation sites is 2. The zero-order valence-corrected chi connectivity index (χ0v) is 11.1. The number of ether oxygens (including phenoxy) is 2. The van der Waals surface area contributed by atoms with Crippen LogP contribution in [0.4, 0.5) is 5.69 Å². The zero-order valence-electron chi connectivity index (χ0n) is 11.1. The predicted molar refractivity (Wildman–Crippen MR) is 71.5 cm³/mol. The lowest BCUT2D eigenvalue weighted by atomic mass is 10.2. The fourth-order valence-corrected chi connectivity index (χ4v) is 1.34. The fourth-order valence-electron chi connectivity index (χ4n) is 1.34. The van der Waals surface area contributed by atoms with E-state index in [0.29, 0.717) is 11.4 Å². The second-order valence-electron chi connectivity index (χ2n) is 3.97. The van der Waals surface area contributed by atoms with E-state index in [0.717, 1.165) is 0 Å². The molecule has 0 saturated heterocycles.